The van der Waals surface area contributed by atoms with Crippen molar-refractivity contribution in [1.82, 2.24) is 0 Å². The SMILES string of the molecule is O=CCc1csc(-c2ccc(Cl)cc2)c1O. The van der Waals surface area contributed by atoms with Gasteiger partial charge in [-0.25, -0.2) is 0 Å². The van der Waals surface area contributed by atoms with Crippen LogP contribution < -0.4 is 0 Å². The molecular weight excluding hydrogens is 244 g/mol. The van der Waals surface area contributed by atoms with Gasteiger partial charge in [0, 0.05) is 17.0 Å². The monoisotopic (exact) mass is 252 g/mol. The van der Waals surface area contributed by atoms with E-state index in [1.807, 2.05) is 12.1 Å². The van der Waals surface area contributed by atoms with E-state index in [9.17, 15) is 9.90 Å². The number of rotatable bonds is 3. The first-order valence-electron chi connectivity index (χ1n) is 4.71. The van der Waals surface area contributed by atoms with Crippen molar-refractivity contribution < 1.29 is 9.90 Å². The minimum Gasteiger partial charge on any atom is -0.506 e. The van der Waals surface area contributed by atoms with E-state index in [2.05, 4.69) is 0 Å². The van der Waals surface area contributed by atoms with Gasteiger partial charge < -0.3 is 9.90 Å². The second-order valence-corrected chi connectivity index (χ2v) is 4.63. The lowest BCUT2D eigenvalue weighted by atomic mass is 10.1. The molecule has 1 heterocycles. The smallest absolute Gasteiger partial charge is 0.137 e. The molecule has 0 fully saturated rings. The standard InChI is InChI=1S/C12H9ClO2S/c13-10-3-1-8(2-4-10)12-11(15)9(5-6-14)7-16-12/h1-4,6-7,15H,5H2. The van der Waals surface area contributed by atoms with Crippen molar-refractivity contribution in [1.29, 1.82) is 0 Å². The van der Waals surface area contributed by atoms with Crippen LogP contribution in [-0.4, -0.2) is 11.4 Å². The van der Waals surface area contributed by atoms with E-state index < -0.39 is 0 Å². The van der Waals surface area contributed by atoms with Crippen LogP contribution >= 0.6 is 22.9 Å². The van der Waals surface area contributed by atoms with Crippen LogP contribution in [0.5, 0.6) is 5.75 Å². The molecule has 0 aliphatic rings. The fourth-order valence-electron chi connectivity index (χ4n) is 1.43. The zero-order valence-corrected chi connectivity index (χ0v) is 9.89. The van der Waals surface area contributed by atoms with Crippen molar-refractivity contribution in [3.8, 4) is 16.2 Å². The van der Waals surface area contributed by atoms with Gasteiger partial charge in [-0.2, -0.15) is 0 Å². The molecular formula is C12H9ClO2S. The normalized spacial score (nSPS) is 10.3. The molecule has 4 heteroatoms. The lowest BCUT2D eigenvalue weighted by molar-refractivity contribution is -0.107. The molecule has 1 N–H and O–H groups in total. The van der Waals surface area contributed by atoms with Crippen LogP contribution in [0, 0.1) is 0 Å². The zero-order chi connectivity index (χ0) is 11.5. The Balaban J connectivity index is 2.40. The lowest BCUT2D eigenvalue weighted by Crippen LogP contribution is -1.82. The molecule has 0 radical (unpaired) electrons. The van der Waals surface area contributed by atoms with Crippen LogP contribution in [0.2, 0.25) is 5.02 Å². The number of halogens is 1. The molecule has 2 rings (SSSR count). The Labute approximate surface area is 102 Å². The van der Waals surface area contributed by atoms with E-state index in [0.29, 0.717) is 10.6 Å². The van der Waals surface area contributed by atoms with E-state index >= 15 is 0 Å². The zero-order valence-electron chi connectivity index (χ0n) is 8.31. The van der Waals surface area contributed by atoms with E-state index in [1.54, 1.807) is 17.5 Å². The van der Waals surface area contributed by atoms with Gasteiger partial charge in [-0.15, -0.1) is 11.3 Å². The predicted molar refractivity (Wildman–Crippen MR) is 66.2 cm³/mol. The summed E-state index contributed by atoms with van der Waals surface area (Å²) in [5.74, 6) is 0.194. The molecule has 0 saturated carbocycles. The van der Waals surface area contributed by atoms with Gasteiger partial charge in [0.25, 0.3) is 0 Å². The number of carbonyl (C=O) groups is 1. The third-order valence-electron chi connectivity index (χ3n) is 2.25. The van der Waals surface area contributed by atoms with Crippen molar-refractivity contribution in [3.63, 3.8) is 0 Å². The second kappa shape index (κ2) is 4.68. The Morgan fingerprint density at radius 3 is 2.62 bits per heavy atom. The fraction of sp³-hybridized carbons (Fsp3) is 0.0833. The van der Waals surface area contributed by atoms with Gasteiger partial charge in [-0.05, 0) is 23.1 Å². The molecule has 0 atom stereocenters. The lowest BCUT2D eigenvalue weighted by Gasteiger charge is -2.00. The molecule has 16 heavy (non-hydrogen) atoms. The maximum absolute atomic E-state index is 10.4. The summed E-state index contributed by atoms with van der Waals surface area (Å²) in [5, 5.41) is 12.4. The molecule has 0 aliphatic carbocycles. The second-order valence-electron chi connectivity index (χ2n) is 3.32. The average Bonchev–Trinajstić information content (AvgIpc) is 2.63. The highest BCUT2D eigenvalue weighted by atomic mass is 35.5. The predicted octanol–water partition coefficient (Wildman–Crippen LogP) is 3.52. The minimum absolute atomic E-state index is 0.194. The van der Waals surface area contributed by atoms with Gasteiger partial charge in [-0.1, -0.05) is 23.7 Å². The maximum atomic E-state index is 10.4. The molecule has 0 aliphatic heterocycles. The van der Waals surface area contributed by atoms with Crippen LogP contribution in [-0.2, 0) is 11.2 Å². The molecule has 0 spiro atoms. The Bertz CT molecular complexity index is 502. The highest BCUT2D eigenvalue weighted by Crippen LogP contribution is 2.38. The molecule has 0 bridgehead atoms. The van der Waals surface area contributed by atoms with Crippen LogP contribution in [0.15, 0.2) is 29.6 Å². The summed E-state index contributed by atoms with van der Waals surface area (Å²) in [6, 6.07) is 7.24. The first-order chi connectivity index (χ1) is 7.72. The maximum Gasteiger partial charge on any atom is 0.137 e. The first kappa shape index (κ1) is 11.2. The van der Waals surface area contributed by atoms with Crippen LogP contribution in [0.4, 0.5) is 0 Å². The summed E-state index contributed by atoms with van der Waals surface area (Å²) in [5.41, 5.74) is 1.58. The average molecular weight is 253 g/mol. The summed E-state index contributed by atoms with van der Waals surface area (Å²) in [4.78, 5) is 11.2. The van der Waals surface area contributed by atoms with Crippen LogP contribution in [0.1, 0.15) is 5.56 Å². The van der Waals surface area contributed by atoms with Gasteiger partial charge in [0.05, 0.1) is 4.88 Å². The van der Waals surface area contributed by atoms with Crippen LogP contribution in [0.25, 0.3) is 10.4 Å². The third kappa shape index (κ3) is 2.10. The first-order valence-corrected chi connectivity index (χ1v) is 5.97. The Hall–Kier alpha value is -1.32. The van der Waals surface area contributed by atoms with Crippen LogP contribution in [0.3, 0.4) is 0 Å². The molecule has 1 aromatic carbocycles. The Morgan fingerprint density at radius 2 is 2.00 bits per heavy atom. The molecule has 0 amide bonds. The van der Waals surface area contributed by atoms with E-state index in [-0.39, 0.29) is 12.2 Å². The number of thiophene rings is 1. The number of aldehydes is 1. The van der Waals surface area contributed by atoms with E-state index in [0.717, 1.165) is 16.7 Å². The number of benzene rings is 1. The summed E-state index contributed by atoms with van der Waals surface area (Å²) < 4.78 is 0. The highest BCUT2D eigenvalue weighted by Gasteiger charge is 2.11. The summed E-state index contributed by atoms with van der Waals surface area (Å²) in [6.45, 7) is 0. The Kier molecular flexibility index (Phi) is 3.27. The molecule has 2 aromatic rings. The van der Waals surface area contributed by atoms with Gasteiger partial charge in [0.1, 0.15) is 12.0 Å². The van der Waals surface area contributed by atoms with Crippen molar-refractivity contribution in [2.24, 2.45) is 0 Å². The molecule has 0 saturated heterocycles. The number of carbonyl (C=O) groups excluding carboxylic acids is 1. The number of hydrogen-bond donors (Lipinski definition) is 1. The van der Waals surface area contributed by atoms with Crippen molar-refractivity contribution in [2.75, 3.05) is 0 Å². The van der Waals surface area contributed by atoms with Crippen molar-refractivity contribution in [3.05, 3.63) is 40.2 Å². The Morgan fingerprint density at radius 1 is 1.31 bits per heavy atom. The van der Waals surface area contributed by atoms with Gasteiger partial charge in [-0.3, -0.25) is 0 Å². The number of hydrogen-bond acceptors (Lipinski definition) is 3. The summed E-state index contributed by atoms with van der Waals surface area (Å²) in [7, 11) is 0. The molecule has 82 valence electrons. The fourth-order valence-corrected chi connectivity index (χ4v) is 2.54. The topological polar surface area (TPSA) is 37.3 Å². The van der Waals surface area contributed by atoms with Gasteiger partial charge in [0.2, 0.25) is 0 Å². The quantitative estimate of drug-likeness (QED) is 0.849. The summed E-state index contributed by atoms with van der Waals surface area (Å²) >= 11 is 7.21. The van der Waals surface area contributed by atoms with Gasteiger partial charge >= 0.3 is 0 Å². The van der Waals surface area contributed by atoms with Crippen molar-refractivity contribution in [2.45, 2.75) is 6.42 Å². The summed E-state index contributed by atoms with van der Waals surface area (Å²) in [6.07, 6.45) is 1.03. The van der Waals surface area contributed by atoms with Crippen molar-refractivity contribution >= 4 is 29.2 Å². The highest BCUT2D eigenvalue weighted by molar-refractivity contribution is 7.14. The third-order valence-corrected chi connectivity index (χ3v) is 3.57. The largest absolute Gasteiger partial charge is 0.506 e. The molecule has 2 nitrogen and oxygen atoms in total. The minimum atomic E-state index is 0.194. The molecule has 0 unspecified atom stereocenters. The van der Waals surface area contributed by atoms with E-state index in [1.165, 1.54) is 11.3 Å². The van der Waals surface area contributed by atoms with E-state index in [4.69, 9.17) is 11.6 Å². The number of aromatic hydroxyl groups is 1. The van der Waals surface area contributed by atoms with Gasteiger partial charge in [0.15, 0.2) is 0 Å². The molecule has 1 aromatic heterocycles.